The highest BCUT2D eigenvalue weighted by Crippen LogP contribution is 2.25. The Kier molecular flexibility index (Phi) is 4.58. The van der Waals surface area contributed by atoms with Crippen molar-refractivity contribution in [1.29, 1.82) is 0 Å². The lowest BCUT2D eigenvalue weighted by Crippen LogP contribution is -2.37. The fourth-order valence-corrected chi connectivity index (χ4v) is 3.23. The first-order chi connectivity index (χ1) is 9.81. The van der Waals surface area contributed by atoms with E-state index in [1.54, 1.807) is 0 Å². The highest BCUT2D eigenvalue weighted by atomic mass is 16.5. The van der Waals surface area contributed by atoms with Gasteiger partial charge in [0.1, 0.15) is 5.75 Å². The summed E-state index contributed by atoms with van der Waals surface area (Å²) >= 11 is 0. The summed E-state index contributed by atoms with van der Waals surface area (Å²) in [6, 6.07) is 7.20. The lowest BCUT2D eigenvalue weighted by molar-refractivity contribution is 0.288. The van der Waals surface area contributed by atoms with Crippen LogP contribution in [0.3, 0.4) is 0 Å². The lowest BCUT2D eigenvalue weighted by atomic mass is 10.0. The third-order valence-corrected chi connectivity index (χ3v) is 4.36. The van der Waals surface area contributed by atoms with Crippen LogP contribution >= 0.6 is 0 Å². The van der Waals surface area contributed by atoms with Gasteiger partial charge in [0.25, 0.3) is 0 Å². The van der Waals surface area contributed by atoms with Gasteiger partial charge in [-0.25, -0.2) is 0 Å². The summed E-state index contributed by atoms with van der Waals surface area (Å²) < 4.78 is 5.67. The van der Waals surface area contributed by atoms with Gasteiger partial charge in [0.05, 0.1) is 6.61 Å². The summed E-state index contributed by atoms with van der Waals surface area (Å²) in [7, 11) is 0. The number of benzene rings is 1. The van der Waals surface area contributed by atoms with Crippen LogP contribution < -0.4 is 10.1 Å². The predicted molar refractivity (Wildman–Crippen MR) is 82.2 cm³/mol. The molecule has 2 heterocycles. The van der Waals surface area contributed by atoms with E-state index in [2.05, 4.69) is 35.3 Å². The SMILES string of the molecule is CC(CN1CCCC1)NCc1ccc2c(c1)CCCO2. The maximum Gasteiger partial charge on any atom is 0.122 e. The van der Waals surface area contributed by atoms with Crippen molar-refractivity contribution < 1.29 is 4.74 Å². The third-order valence-electron chi connectivity index (χ3n) is 4.36. The number of fused-ring (bicyclic) bond motifs is 1. The van der Waals surface area contributed by atoms with Crippen LogP contribution in [0.15, 0.2) is 18.2 Å². The number of nitrogens with one attached hydrogen (secondary N) is 1. The molecule has 0 saturated carbocycles. The molecule has 2 aliphatic heterocycles. The van der Waals surface area contributed by atoms with E-state index in [1.807, 2.05) is 0 Å². The van der Waals surface area contributed by atoms with Crippen LogP contribution in [-0.2, 0) is 13.0 Å². The summed E-state index contributed by atoms with van der Waals surface area (Å²) in [5.41, 5.74) is 2.75. The molecule has 1 N–H and O–H groups in total. The van der Waals surface area contributed by atoms with Crippen LogP contribution in [0.5, 0.6) is 5.75 Å². The van der Waals surface area contributed by atoms with Crippen molar-refractivity contribution in [1.82, 2.24) is 10.2 Å². The van der Waals surface area contributed by atoms with Gasteiger partial charge < -0.3 is 15.0 Å². The summed E-state index contributed by atoms with van der Waals surface area (Å²) in [6.07, 6.45) is 5.05. The molecule has 0 spiro atoms. The van der Waals surface area contributed by atoms with Gasteiger partial charge in [0.2, 0.25) is 0 Å². The van der Waals surface area contributed by atoms with E-state index in [4.69, 9.17) is 4.74 Å². The monoisotopic (exact) mass is 274 g/mol. The molecule has 1 atom stereocenters. The number of ether oxygens (including phenoxy) is 1. The van der Waals surface area contributed by atoms with Crippen molar-refractivity contribution in [3.05, 3.63) is 29.3 Å². The highest BCUT2D eigenvalue weighted by molar-refractivity contribution is 5.38. The second kappa shape index (κ2) is 6.59. The average Bonchev–Trinajstić information content (AvgIpc) is 2.98. The number of likely N-dealkylation sites (tertiary alicyclic amines) is 1. The maximum atomic E-state index is 5.67. The molecular weight excluding hydrogens is 248 g/mol. The summed E-state index contributed by atoms with van der Waals surface area (Å²) in [5, 5.41) is 3.65. The Labute approximate surface area is 122 Å². The Morgan fingerprint density at radius 2 is 2.10 bits per heavy atom. The van der Waals surface area contributed by atoms with Crippen molar-refractivity contribution in [3.63, 3.8) is 0 Å². The molecule has 0 amide bonds. The van der Waals surface area contributed by atoms with E-state index < -0.39 is 0 Å². The van der Waals surface area contributed by atoms with E-state index in [1.165, 1.54) is 43.6 Å². The van der Waals surface area contributed by atoms with E-state index in [0.29, 0.717) is 6.04 Å². The first-order valence-corrected chi connectivity index (χ1v) is 8.01. The molecule has 1 unspecified atom stereocenters. The Morgan fingerprint density at radius 1 is 1.25 bits per heavy atom. The normalized spacial score (nSPS) is 20.4. The van der Waals surface area contributed by atoms with E-state index in [0.717, 1.165) is 31.7 Å². The maximum absolute atomic E-state index is 5.67. The number of rotatable bonds is 5. The lowest BCUT2D eigenvalue weighted by Gasteiger charge is -2.22. The van der Waals surface area contributed by atoms with E-state index in [-0.39, 0.29) is 0 Å². The van der Waals surface area contributed by atoms with Crippen molar-refractivity contribution in [3.8, 4) is 5.75 Å². The first kappa shape index (κ1) is 13.9. The van der Waals surface area contributed by atoms with Gasteiger partial charge in [0.15, 0.2) is 0 Å². The van der Waals surface area contributed by atoms with E-state index in [9.17, 15) is 0 Å². The molecule has 3 nitrogen and oxygen atoms in total. The molecular formula is C17H26N2O. The van der Waals surface area contributed by atoms with Crippen LogP contribution in [0.25, 0.3) is 0 Å². The largest absolute Gasteiger partial charge is 0.493 e. The number of hydrogen-bond acceptors (Lipinski definition) is 3. The smallest absolute Gasteiger partial charge is 0.122 e. The summed E-state index contributed by atoms with van der Waals surface area (Å²) in [5.74, 6) is 1.09. The minimum Gasteiger partial charge on any atom is -0.493 e. The second-order valence-corrected chi connectivity index (χ2v) is 6.18. The zero-order valence-corrected chi connectivity index (χ0v) is 12.5. The molecule has 0 aromatic heterocycles. The minimum absolute atomic E-state index is 0.556. The molecule has 2 aliphatic rings. The zero-order chi connectivity index (χ0) is 13.8. The molecule has 1 fully saturated rings. The molecule has 1 aromatic rings. The minimum atomic E-state index is 0.556. The van der Waals surface area contributed by atoms with Crippen LogP contribution in [-0.4, -0.2) is 37.2 Å². The predicted octanol–water partition coefficient (Wildman–Crippen LogP) is 2.59. The molecule has 1 aromatic carbocycles. The number of nitrogens with zero attached hydrogens (tertiary/aromatic N) is 1. The Morgan fingerprint density at radius 3 is 2.95 bits per heavy atom. The van der Waals surface area contributed by atoms with Gasteiger partial charge >= 0.3 is 0 Å². The topological polar surface area (TPSA) is 24.5 Å². The van der Waals surface area contributed by atoms with Crippen molar-refractivity contribution in [2.45, 2.75) is 45.2 Å². The zero-order valence-electron chi connectivity index (χ0n) is 12.5. The first-order valence-electron chi connectivity index (χ1n) is 8.01. The summed E-state index contributed by atoms with van der Waals surface area (Å²) in [6.45, 7) is 7.86. The van der Waals surface area contributed by atoms with Gasteiger partial charge in [-0.3, -0.25) is 0 Å². The number of aryl methyl sites for hydroxylation is 1. The summed E-state index contributed by atoms with van der Waals surface area (Å²) in [4.78, 5) is 2.57. The van der Waals surface area contributed by atoms with Gasteiger partial charge in [-0.15, -0.1) is 0 Å². The number of hydrogen-bond donors (Lipinski definition) is 1. The average molecular weight is 274 g/mol. The standard InChI is InChI=1S/C17H26N2O/c1-14(13-19-8-2-3-9-19)18-12-15-6-7-17-16(11-15)5-4-10-20-17/h6-7,11,14,18H,2-5,8-10,12-13H2,1H3. The third kappa shape index (κ3) is 3.53. The molecule has 1 saturated heterocycles. The Hall–Kier alpha value is -1.06. The fourth-order valence-electron chi connectivity index (χ4n) is 3.23. The molecule has 20 heavy (non-hydrogen) atoms. The fraction of sp³-hybridized carbons (Fsp3) is 0.647. The molecule has 0 radical (unpaired) electrons. The van der Waals surface area contributed by atoms with Crippen LogP contribution in [0.1, 0.15) is 37.3 Å². The van der Waals surface area contributed by atoms with Gasteiger partial charge in [-0.2, -0.15) is 0 Å². The van der Waals surface area contributed by atoms with Gasteiger partial charge in [0, 0.05) is 19.1 Å². The van der Waals surface area contributed by atoms with Crippen molar-refractivity contribution >= 4 is 0 Å². The molecule has 0 bridgehead atoms. The molecule has 110 valence electrons. The van der Waals surface area contributed by atoms with Crippen LogP contribution in [0.4, 0.5) is 0 Å². The van der Waals surface area contributed by atoms with Crippen molar-refractivity contribution in [2.75, 3.05) is 26.2 Å². The molecule has 3 rings (SSSR count). The van der Waals surface area contributed by atoms with Gasteiger partial charge in [-0.1, -0.05) is 12.1 Å². The van der Waals surface area contributed by atoms with Crippen molar-refractivity contribution in [2.24, 2.45) is 0 Å². The highest BCUT2D eigenvalue weighted by Gasteiger charge is 2.15. The molecule has 3 heteroatoms. The second-order valence-electron chi connectivity index (χ2n) is 6.18. The molecule has 0 aliphatic carbocycles. The quantitative estimate of drug-likeness (QED) is 0.893. The van der Waals surface area contributed by atoms with Gasteiger partial charge in [-0.05, 0) is 62.9 Å². The Bertz CT molecular complexity index is 441. The van der Waals surface area contributed by atoms with Crippen LogP contribution in [0.2, 0.25) is 0 Å². The van der Waals surface area contributed by atoms with E-state index >= 15 is 0 Å². The Balaban J connectivity index is 1.50. The van der Waals surface area contributed by atoms with Crippen LogP contribution in [0, 0.1) is 0 Å².